The molecule has 20 heavy (non-hydrogen) atoms. The smallest absolute Gasteiger partial charge is 0.147 e. The van der Waals surface area contributed by atoms with Crippen molar-refractivity contribution < 1.29 is 9.94 Å². The third kappa shape index (κ3) is 3.29. The molecule has 1 heterocycles. The minimum Gasteiger partial charge on any atom is -0.409 e. The van der Waals surface area contributed by atoms with E-state index in [0.29, 0.717) is 12.6 Å². The summed E-state index contributed by atoms with van der Waals surface area (Å²) in [6, 6.07) is 10.3. The van der Waals surface area contributed by atoms with Gasteiger partial charge in [-0.05, 0) is 26.0 Å². The molecule has 1 aromatic rings. The van der Waals surface area contributed by atoms with Gasteiger partial charge in [-0.3, -0.25) is 4.90 Å². The Labute approximate surface area is 120 Å². The van der Waals surface area contributed by atoms with Crippen LogP contribution in [-0.4, -0.2) is 48.3 Å². The Hall–Kier alpha value is -1.59. The summed E-state index contributed by atoms with van der Waals surface area (Å²) in [4.78, 5) is 2.24. The molecule has 0 bridgehead atoms. The Morgan fingerprint density at radius 1 is 1.50 bits per heavy atom. The molecule has 1 aliphatic heterocycles. The van der Waals surface area contributed by atoms with E-state index in [0.717, 1.165) is 18.6 Å². The minimum atomic E-state index is -0.112. The molecule has 3 unspecified atom stereocenters. The average molecular weight is 277 g/mol. The predicted octanol–water partition coefficient (Wildman–Crippen LogP) is 1.63. The van der Waals surface area contributed by atoms with E-state index in [-0.39, 0.29) is 17.9 Å². The summed E-state index contributed by atoms with van der Waals surface area (Å²) >= 11 is 0. The fourth-order valence-electron chi connectivity index (χ4n) is 2.85. The average Bonchev–Trinajstić information content (AvgIpc) is 2.91. The second-order valence-corrected chi connectivity index (χ2v) is 5.36. The number of amidine groups is 1. The predicted molar refractivity (Wildman–Crippen MR) is 79.0 cm³/mol. The van der Waals surface area contributed by atoms with Gasteiger partial charge >= 0.3 is 0 Å². The summed E-state index contributed by atoms with van der Waals surface area (Å²) in [5.74, 6) is 0.133. The molecule has 3 N–H and O–H groups in total. The number of hydrogen-bond acceptors (Lipinski definition) is 4. The molecule has 0 aromatic heterocycles. The van der Waals surface area contributed by atoms with Crippen LogP contribution in [0.15, 0.2) is 35.5 Å². The summed E-state index contributed by atoms with van der Waals surface area (Å²) in [6.07, 6.45) is 1.25. The number of likely N-dealkylation sites (N-methyl/N-ethyl adjacent to an activating group) is 1. The first kappa shape index (κ1) is 14.8. The van der Waals surface area contributed by atoms with Crippen LogP contribution in [0.5, 0.6) is 0 Å². The molecule has 1 saturated heterocycles. The highest BCUT2D eigenvalue weighted by Gasteiger charge is 2.30. The van der Waals surface area contributed by atoms with Crippen molar-refractivity contribution in [2.45, 2.75) is 31.4 Å². The first-order valence-corrected chi connectivity index (χ1v) is 6.97. The number of hydrogen-bond donors (Lipinski definition) is 2. The molecule has 5 nitrogen and oxygen atoms in total. The lowest BCUT2D eigenvalue weighted by Crippen LogP contribution is -2.41. The monoisotopic (exact) mass is 277 g/mol. The first-order chi connectivity index (χ1) is 9.63. The summed E-state index contributed by atoms with van der Waals surface area (Å²) in [6.45, 7) is 3.60. The molecule has 1 fully saturated rings. The quantitative estimate of drug-likeness (QED) is 0.371. The molecule has 5 heteroatoms. The van der Waals surface area contributed by atoms with Crippen molar-refractivity contribution in [3.63, 3.8) is 0 Å². The van der Waals surface area contributed by atoms with Crippen LogP contribution in [0.25, 0.3) is 0 Å². The molecule has 3 atom stereocenters. The van der Waals surface area contributed by atoms with Crippen LogP contribution in [0.1, 0.15) is 24.8 Å². The molecular weight excluding hydrogens is 254 g/mol. The highest BCUT2D eigenvalue weighted by atomic mass is 16.5. The highest BCUT2D eigenvalue weighted by Crippen LogP contribution is 2.23. The van der Waals surface area contributed by atoms with Crippen molar-refractivity contribution in [1.82, 2.24) is 4.90 Å². The number of ether oxygens (including phenoxy) is 1. The molecule has 1 aliphatic rings. The topological polar surface area (TPSA) is 71.1 Å². The van der Waals surface area contributed by atoms with Crippen LogP contribution in [0.2, 0.25) is 0 Å². The van der Waals surface area contributed by atoms with Crippen LogP contribution >= 0.6 is 0 Å². The standard InChI is InChI=1S/C15H23N3O2/c1-11-14(8-9-20-11)18(2)10-13(15(16)17-19)12-6-4-3-5-7-12/h3-7,11,13-14,19H,8-10H2,1-2H3,(H2,16,17). The van der Waals surface area contributed by atoms with Gasteiger partial charge in [0.25, 0.3) is 0 Å². The molecule has 110 valence electrons. The minimum absolute atomic E-state index is 0.112. The van der Waals surface area contributed by atoms with Gasteiger partial charge in [0, 0.05) is 19.2 Å². The third-order valence-electron chi connectivity index (χ3n) is 4.05. The normalized spacial score (nSPS) is 25.1. The van der Waals surface area contributed by atoms with Crippen LogP contribution in [0.3, 0.4) is 0 Å². The van der Waals surface area contributed by atoms with E-state index in [2.05, 4.69) is 24.0 Å². The van der Waals surface area contributed by atoms with Gasteiger partial charge in [-0.1, -0.05) is 35.5 Å². The van der Waals surface area contributed by atoms with Crippen molar-refractivity contribution in [2.24, 2.45) is 10.9 Å². The first-order valence-electron chi connectivity index (χ1n) is 6.97. The van der Waals surface area contributed by atoms with Gasteiger partial charge in [-0.2, -0.15) is 0 Å². The Bertz CT molecular complexity index is 450. The Morgan fingerprint density at radius 2 is 2.20 bits per heavy atom. The van der Waals surface area contributed by atoms with E-state index in [4.69, 9.17) is 15.7 Å². The fraction of sp³-hybridized carbons (Fsp3) is 0.533. The third-order valence-corrected chi connectivity index (χ3v) is 4.05. The van der Waals surface area contributed by atoms with Gasteiger partial charge < -0.3 is 15.7 Å². The van der Waals surface area contributed by atoms with Crippen LogP contribution in [-0.2, 0) is 4.74 Å². The van der Waals surface area contributed by atoms with E-state index in [1.165, 1.54) is 0 Å². The Morgan fingerprint density at radius 3 is 2.75 bits per heavy atom. The maximum Gasteiger partial charge on any atom is 0.147 e. The van der Waals surface area contributed by atoms with Gasteiger partial charge in [0.05, 0.1) is 12.0 Å². The Balaban J connectivity index is 2.12. The van der Waals surface area contributed by atoms with Crippen LogP contribution in [0.4, 0.5) is 0 Å². The summed E-state index contributed by atoms with van der Waals surface area (Å²) in [5.41, 5.74) is 6.93. The van der Waals surface area contributed by atoms with Crippen molar-refractivity contribution in [2.75, 3.05) is 20.2 Å². The second kappa shape index (κ2) is 6.72. The summed E-state index contributed by atoms with van der Waals surface area (Å²) in [5, 5.41) is 12.2. The number of nitrogens with zero attached hydrogens (tertiary/aromatic N) is 2. The second-order valence-electron chi connectivity index (χ2n) is 5.36. The van der Waals surface area contributed by atoms with E-state index in [1.807, 2.05) is 30.3 Å². The molecule has 0 radical (unpaired) electrons. The van der Waals surface area contributed by atoms with Crippen molar-refractivity contribution in [3.8, 4) is 0 Å². The lowest BCUT2D eigenvalue weighted by molar-refractivity contribution is 0.0832. The molecule has 0 spiro atoms. The van der Waals surface area contributed by atoms with Gasteiger partial charge in [0.2, 0.25) is 0 Å². The number of benzene rings is 1. The maximum absolute atomic E-state index is 9.02. The molecule has 0 aliphatic carbocycles. The lowest BCUT2D eigenvalue weighted by Gasteiger charge is -2.30. The van der Waals surface area contributed by atoms with Crippen LogP contribution in [0, 0.1) is 0 Å². The number of rotatable bonds is 5. The fourth-order valence-corrected chi connectivity index (χ4v) is 2.85. The molecule has 2 rings (SSSR count). The van der Waals surface area contributed by atoms with Crippen molar-refractivity contribution >= 4 is 5.84 Å². The summed E-state index contributed by atoms with van der Waals surface area (Å²) < 4.78 is 5.61. The molecule has 0 saturated carbocycles. The van der Waals surface area contributed by atoms with Gasteiger partial charge in [-0.25, -0.2) is 0 Å². The largest absolute Gasteiger partial charge is 0.409 e. The summed E-state index contributed by atoms with van der Waals surface area (Å²) in [7, 11) is 2.07. The van der Waals surface area contributed by atoms with Gasteiger partial charge in [0.15, 0.2) is 0 Å². The van der Waals surface area contributed by atoms with Crippen LogP contribution < -0.4 is 5.73 Å². The number of oxime groups is 1. The zero-order valence-corrected chi connectivity index (χ0v) is 12.1. The lowest BCUT2D eigenvalue weighted by atomic mass is 9.96. The van der Waals surface area contributed by atoms with Gasteiger partial charge in [0.1, 0.15) is 5.84 Å². The SMILES string of the molecule is CC1OCCC1N(C)CC(/C(N)=N/O)c1ccccc1. The van der Waals surface area contributed by atoms with E-state index >= 15 is 0 Å². The highest BCUT2D eigenvalue weighted by molar-refractivity contribution is 5.87. The Kier molecular flexibility index (Phi) is 4.98. The van der Waals surface area contributed by atoms with E-state index in [9.17, 15) is 0 Å². The van der Waals surface area contributed by atoms with E-state index < -0.39 is 0 Å². The molecule has 0 amide bonds. The van der Waals surface area contributed by atoms with E-state index in [1.54, 1.807) is 0 Å². The van der Waals surface area contributed by atoms with Crippen molar-refractivity contribution in [3.05, 3.63) is 35.9 Å². The zero-order valence-electron chi connectivity index (χ0n) is 12.1. The van der Waals surface area contributed by atoms with Gasteiger partial charge in [-0.15, -0.1) is 0 Å². The zero-order chi connectivity index (χ0) is 14.5. The number of nitrogens with two attached hydrogens (primary N) is 1. The molecular formula is C15H23N3O2. The van der Waals surface area contributed by atoms with Crippen molar-refractivity contribution in [1.29, 1.82) is 0 Å². The maximum atomic E-state index is 9.02. The molecule has 1 aromatic carbocycles.